The second kappa shape index (κ2) is 11.8. The van der Waals surface area contributed by atoms with Gasteiger partial charge in [-0.25, -0.2) is 0 Å². The first-order valence-electron chi connectivity index (χ1n) is 20.0. The van der Waals surface area contributed by atoms with Crippen LogP contribution in [0.15, 0.2) is 206 Å². The van der Waals surface area contributed by atoms with E-state index >= 15 is 0 Å². The molecule has 0 saturated heterocycles. The van der Waals surface area contributed by atoms with Gasteiger partial charge in [-0.3, -0.25) is 0 Å². The highest BCUT2D eigenvalue weighted by Gasteiger charge is 2.22. The lowest BCUT2D eigenvalue weighted by Crippen LogP contribution is -2.01. The normalized spacial score (nSPS) is 12.1. The summed E-state index contributed by atoms with van der Waals surface area (Å²) < 4.78 is 9.81. The summed E-state index contributed by atoms with van der Waals surface area (Å²) in [6.45, 7) is 0. The summed E-state index contributed by atoms with van der Waals surface area (Å²) >= 11 is 0. The third kappa shape index (κ3) is 4.23. The molecule has 13 aromatic rings. The Morgan fingerprint density at radius 3 is 1.09 bits per heavy atom. The van der Waals surface area contributed by atoms with Crippen molar-refractivity contribution >= 4 is 87.2 Å². The van der Waals surface area contributed by atoms with Gasteiger partial charge in [0, 0.05) is 60.2 Å². The SMILES string of the molecule is c1ccc(-n2c3ccccc3c3ccc(-n4c5ccccc5c5ccc(-n6c7ccccc7c7cccc(-n8c9ccccc9c9ccccc98)c76)cc54)cc32)cc1. The summed E-state index contributed by atoms with van der Waals surface area (Å²) in [6.07, 6.45) is 0. The molecule has 58 heavy (non-hydrogen) atoms. The standard InChI is InChI=1S/C54H34N4/c1-2-15-35(16-3-1)55-46-23-9-4-19-40(46)43-31-29-36(33-52(43)55)56-47-24-10-5-20-41(47)44-32-30-37(34-53(44)56)57-48-25-11-8-21-42(48)45-22-14-28-51(54(45)57)58-49-26-12-6-17-38(49)39-18-7-13-27-50(39)58/h1-34H. The summed E-state index contributed by atoms with van der Waals surface area (Å²) in [4.78, 5) is 0. The van der Waals surface area contributed by atoms with Crippen molar-refractivity contribution in [2.24, 2.45) is 0 Å². The average molecular weight is 739 g/mol. The van der Waals surface area contributed by atoms with E-state index in [1.807, 2.05) is 0 Å². The van der Waals surface area contributed by atoms with Gasteiger partial charge in [-0.15, -0.1) is 0 Å². The molecule has 0 spiro atoms. The number of benzene rings is 9. The van der Waals surface area contributed by atoms with Gasteiger partial charge >= 0.3 is 0 Å². The molecular formula is C54H34N4. The highest BCUT2D eigenvalue weighted by Crippen LogP contribution is 2.42. The maximum atomic E-state index is 2.49. The first kappa shape index (κ1) is 31.4. The molecule has 0 aliphatic heterocycles. The number of aromatic nitrogens is 4. The summed E-state index contributed by atoms with van der Waals surface area (Å²) in [5.41, 5.74) is 14.1. The maximum absolute atomic E-state index is 2.49. The smallest absolute Gasteiger partial charge is 0.0782 e. The topological polar surface area (TPSA) is 19.7 Å². The maximum Gasteiger partial charge on any atom is 0.0782 e. The van der Waals surface area contributed by atoms with Crippen LogP contribution in [-0.2, 0) is 0 Å². The van der Waals surface area contributed by atoms with Gasteiger partial charge in [-0.1, -0.05) is 133 Å². The highest BCUT2D eigenvalue weighted by molar-refractivity contribution is 6.16. The lowest BCUT2D eigenvalue weighted by Gasteiger charge is -2.15. The van der Waals surface area contributed by atoms with Gasteiger partial charge in [0.25, 0.3) is 0 Å². The van der Waals surface area contributed by atoms with Gasteiger partial charge in [0.05, 0.1) is 49.8 Å². The second-order valence-corrected chi connectivity index (χ2v) is 15.3. The number of hydrogen-bond donors (Lipinski definition) is 0. The van der Waals surface area contributed by atoms with Gasteiger partial charge in [-0.05, 0) is 72.8 Å². The average Bonchev–Trinajstić information content (AvgIpc) is 4.01. The Hall–Kier alpha value is -7.82. The van der Waals surface area contributed by atoms with Gasteiger partial charge < -0.3 is 18.3 Å². The van der Waals surface area contributed by atoms with Crippen LogP contribution in [0.1, 0.15) is 0 Å². The molecule has 0 unspecified atom stereocenters. The summed E-state index contributed by atoms with van der Waals surface area (Å²) in [5.74, 6) is 0. The van der Waals surface area contributed by atoms with Crippen LogP contribution in [0.4, 0.5) is 0 Å². The lowest BCUT2D eigenvalue weighted by molar-refractivity contribution is 1.12. The zero-order valence-corrected chi connectivity index (χ0v) is 31.4. The van der Waals surface area contributed by atoms with Crippen LogP contribution < -0.4 is 0 Å². The van der Waals surface area contributed by atoms with Crippen LogP contribution >= 0.6 is 0 Å². The Kier molecular flexibility index (Phi) is 6.41. The summed E-state index contributed by atoms with van der Waals surface area (Å²) in [5, 5.41) is 9.94. The monoisotopic (exact) mass is 738 g/mol. The molecule has 0 radical (unpaired) electrons. The fourth-order valence-electron chi connectivity index (χ4n) is 9.96. The van der Waals surface area contributed by atoms with E-state index in [9.17, 15) is 0 Å². The van der Waals surface area contributed by atoms with Crippen LogP contribution in [0.5, 0.6) is 0 Å². The van der Waals surface area contributed by atoms with E-state index in [-0.39, 0.29) is 0 Å². The third-order valence-corrected chi connectivity index (χ3v) is 12.3. The van der Waals surface area contributed by atoms with Crippen LogP contribution in [0.2, 0.25) is 0 Å². The van der Waals surface area contributed by atoms with E-state index < -0.39 is 0 Å². The quantitative estimate of drug-likeness (QED) is 0.171. The number of para-hydroxylation sites is 7. The van der Waals surface area contributed by atoms with Crippen molar-refractivity contribution in [2.75, 3.05) is 0 Å². The Morgan fingerprint density at radius 1 is 0.207 bits per heavy atom. The van der Waals surface area contributed by atoms with Crippen molar-refractivity contribution < 1.29 is 0 Å². The van der Waals surface area contributed by atoms with E-state index in [0.29, 0.717) is 0 Å². The Morgan fingerprint density at radius 2 is 0.569 bits per heavy atom. The zero-order chi connectivity index (χ0) is 37.9. The molecule has 0 bridgehead atoms. The zero-order valence-electron chi connectivity index (χ0n) is 31.4. The van der Waals surface area contributed by atoms with E-state index in [1.54, 1.807) is 0 Å². The molecule has 4 nitrogen and oxygen atoms in total. The molecule has 0 atom stereocenters. The van der Waals surface area contributed by atoms with Crippen molar-refractivity contribution in [1.82, 2.24) is 18.3 Å². The van der Waals surface area contributed by atoms with Gasteiger partial charge in [-0.2, -0.15) is 0 Å². The van der Waals surface area contributed by atoms with Crippen LogP contribution in [-0.4, -0.2) is 18.3 Å². The summed E-state index contributed by atoms with van der Waals surface area (Å²) in [6, 6.07) is 75.5. The minimum atomic E-state index is 1.12. The fraction of sp³-hybridized carbons (Fsp3) is 0. The predicted molar refractivity (Wildman–Crippen MR) is 244 cm³/mol. The molecule has 4 heterocycles. The number of hydrogen-bond acceptors (Lipinski definition) is 0. The van der Waals surface area contributed by atoms with E-state index in [0.717, 1.165) is 22.7 Å². The molecular weight excluding hydrogens is 705 g/mol. The predicted octanol–water partition coefficient (Wildman–Crippen LogP) is 14.1. The molecule has 270 valence electrons. The molecule has 0 aliphatic carbocycles. The molecule has 13 rings (SSSR count). The lowest BCUT2D eigenvalue weighted by atomic mass is 10.1. The van der Waals surface area contributed by atoms with E-state index in [1.165, 1.54) is 87.2 Å². The Bertz CT molecular complexity index is 3740. The van der Waals surface area contributed by atoms with Crippen molar-refractivity contribution in [3.05, 3.63) is 206 Å². The largest absolute Gasteiger partial charge is 0.309 e. The summed E-state index contributed by atoms with van der Waals surface area (Å²) in [7, 11) is 0. The fourth-order valence-corrected chi connectivity index (χ4v) is 9.96. The molecule has 4 aromatic heterocycles. The van der Waals surface area contributed by atoms with Crippen molar-refractivity contribution in [1.29, 1.82) is 0 Å². The first-order chi connectivity index (χ1) is 28.8. The van der Waals surface area contributed by atoms with Crippen LogP contribution in [0, 0.1) is 0 Å². The first-order valence-corrected chi connectivity index (χ1v) is 20.0. The van der Waals surface area contributed by atoms with Crippen molar-refractivity contribution in [3.8, 4) is 22.7 Å². The van der Waals surface area contributed by atoms with Crippen molar-refractivity contribution in [3.63, 3.8) is 0 Å². The van der Waals surface area contributed by atoms with Gasteiger partial charge in [0.15, 0.2) is 0 Å². The molecule has 4 heteroatoms. The third-order valence-electron chi connectivity index (χ3n) is 12.3. The van der Waals surface area contributed by atoms with Crippen LogP contribution in [0.3, 0.4) is 0 Å². The highest BCUT2D eigenvalue weighted by atomic mass is 15.1. The Balaban J connectivity index is 1.12. The molecule has 0 aliphatic rings. The van der Waals surface area contributed by atoms with Crippen molar-refractivity contribution in [2.45, 2.75) is 0 Å². The van der Waals surface area contributed by atoms with Gasteiger partial charge in [0.1, 0.15) is 0 Å². The van der Waals surface area contributed by atoms with Gasteiger partial charge in [0.2, 0.25) is 0 Å². The molecule has 0 amide bonds. The van der Waals surface area contributed by atoms with E-state index in [2.05, 4.69) is 225 Å². The second-order valence-electron chi connectivity index (χ2n) is 15.3. The number of rotatable bonds is 4. The number of fused-ring (bicyclic) bond motifs is 12. The molecule has 9 aromatic carbocycles. The van der Waals surface area contributed by atoms with Crippen LogP contribution in [0.25, 0.3) is 110 Å². The van der Waals surface area contributed by atoms with E-state index in [4.69, 9.17) is 0 Å². The minimum absolute atomic E-state index is 1.12. The molecule has 0 N–H and O–H groups in total. The minimum Gasteiger partial charge on any atom is -0.309 e. The number of nitrogens with zero attached hydrogens (tertiary/aromatic N) is 4. The molecule has 0 saturated carbocycles. The Labute approximate surface area is 333 Å². The molecule has 0 fully saturated rings.